The van der Waals surface area contributed by atoms with Crippen molar-refractivity contribution in [3.63, 3.8) is 0 Å². The number of aromatic nitrogens is 2. The van der Waals surface area contributed by atoms with Gasteiger partial charge in [-0.1, -0.05) is 86.8 Å². The molecule has 0 saturated heterocycles. The molecule has 0 saturated carbocycles. The van der Waals surface area contributed by atoms with Gasteiger partial charge in [0.2, 0.25) is 0 Å². The van der Waals surface area contributed by atoms with Crippen LogP contribution < -0.4 is 0 Å². The van der Waals surface area contributed by atoms with Crippen LogP contribution in [0.3, 0.4) is 0 Å². The molecule has 1 aromatic heterocycles. The molecule has 150 valence electrons. The Balaban J connectivity index is 0.000000921. The van der Waals surface area contributed by atoms with Crippen LogP contribution in [0, 0.1) is 27.7 Å². The third-order valence-corrected chi connectivity index (χ3v) is 4.12. The summed E-state index contributed by atoms with van der Waals surface area (Å²) in [5.41, 5.74) is 8.67. The first-order valence-electron chi connectivity index (χ1n) is 10.4. The first kappa shape index (κ1) is 23.6. The third kappa shape index (κ3) is 7.64. The van der Waals surface area contributed by atoms with E-state index in [0.717, 1.165) is 30.1 Å². The smallest absolute Gasteiger partial charge is 0.125 e. The summed E-state index contributed by atoms with van der Waals surface area (Å²) in [6.07, 6.45) is 1.70. The fraction of sp³-hybridized carbons (Fsp3) is 0.385. The summed E-state index contributed by atoms with van der Waals surface area (Å²) < 4.78 is 0. The first-order chi connectivity index (χ1) is 13.5. The van der Waals surface area contributed by atoms with Crippen molar-refractivity contribution < 1.29 is 0 Å². The topological polar surface area (TPSA) is 25.8 Å². The SMILES string of the molecule is CC.CC.Cc1ccc(Cc2cc(Cc3cc(C)cc(C)c3)nc(C)n2)cc1. The van der Waals surface area contributed by atoms with E-state index in [1.807, 2.05) is 34.6 Å². The first-order valence-corrected chi connectivity index (χ1v) is 10.4. The van der Waals surface area contributed by atoms with Crippen molar-refractivity contribution in [1.29, 1.82) is 0 Å². The van der Waals surface area contributed by atoms with Gasteiger partial charge in [-0.05, 0) is 44.9 Å². The quantitative estimate of drug-likeness (QED) is 0.492. The van der Waals surface area contributed by atoms with Gasteiger partial charge in [-0.2, -0.15) is 0 Å². The number of nitrogens with zero attached hydrogens (tertiary/aromatic N) is 2. The zero-order valence-corrected chi connectivity index (χ0v) is 18.9. The Kier molecular flexibility index (Phi) is 10.2. The van der Waals surface area contributed by atoms with Gasteiger partial charge in [0.25, 0.3) is 0 Å². The molecule has 0 aliphatic rings. The number of aryl methyl sites for hydroxylation is 4. The van der Waals surface area contributed by atoms with E-state index in [9.17, 15) is 0 Å². The lowest BCUT2D eigenvalue weighted by Gasteiger charge is -2.08. The van der Waals surface area contributed by atoms with Gasteiger partial charge in [0.1, 0.15) is 5.82 Å². The Labute approximate surface area is 172 Å². The highest BCUT2D eigenvalue weighted by molar-refractivity contribution is 5.32. The standard InChI is InChI=1S/C22H24N2.2C2H6/c1-15-5-7-19(8-6-15)12-21-14-22(24-18(4)23-21)13-20-10-16(2)9-17(3)11-20;2*1-2/h5-11,14H,12-13H2,1-4H3;2*1-2H3. The van der Waals surface area contributed by atoms with Crippen molar-refractivity contribution in [2.24, 2.45) is 0 Å². The van der Waals surface area contributed by atoms with Crippen LogP contribution in [0.4, 0.5) is 0 Å². The lowest BCUT2D eigenvalue weighted by Crippen LogP contribution is -2.02. The van der Waals surface area contributed by atoms with E-state index >= 15 is 0 Å². The maximum atomic E-state index is 4.63. The summed E-state index contributed by atoms with van der Waals surface area (Å²) in [6.45, 7) is 16.4. The predicted octanol–water partition coefficient (Wildman–Crippen LogP) is 6.94. The maximum Gasteiger partial charge on any atom is 0.125 e. The fourth-order valence-electron chi connectivity index (χ4n) is 3.17. The molecule has 28 heavy (non-hydrogen) atoms. The molecule has 3 aromatic rings. The van der Waals surface area contributed by atoms with Crippen molar-refractivity contribution in [2.75, 3.05) is 0 Å². The third-order valence-electron chi connectivity index (χ3n) is 4.12. The predicted molar refractivity (Wildman–Crippen MR) is 122 cm³/mol. The summed E-state index contributed by atoms with van der Waals surface area (Å²) in [5, 5.41) is 0. The normalized spacial score (nSPS) is 9.71. The molecule has 2 heteroatoms. The molecule has 0 spiro atoms. The Morgan fingerprint density at radius 3 is 1.50 bits per heavy atom. The highest BCUT2D eigenvalue weighted by Gasteiger charge is 2.06. The number of hydrogen-bond acceptors (Lipinski definition) is 2. The minimum Gasteiger partial charge on any atom is -0.238 e. The van der Waals surface area contributed by atoms with Crippen molar-refractivity contribution in [1.82, 2.24) is 9.97 Å². The second kappa shape index (κ2) is 12.1. The van der Waals surface area contributed by atoms with E-state index in [1.165, 1.54) is 27.8 Å². The van der Waals surface area contributed by atoms with E-state index in [1.54, 1.807) is 0 Å². The van der Waals surface area contributed by atoms with Crippen LogP contribution in [-0.2, 0) is 12.8 Å². The highest BCUT2D eigenvalue weighted by atomic mass is 14.9. The molecule has 0 aliphatic heterocycles. The molecule has 2 aromatic carbocycles. The van der Waals surface area contributed by atoms with Gasteiger partial charge in [-0.15, -0.1) is 0 Å². The van der Waals surface area contributed by atoms with E-state index in [2.05, 4.69) is 79.3 Å². The maximum absolute atomic E-state index is 4.63. The lowest BCUT2D eigenvalue weighted by molar-refractivity contribution is 0.915. The molecule has 3 rings (SSSR count). The summed E-state index contributed by atoms with van der Waals surface area (Å²) in [4.78, 5) is 9.25. The minimum absolute atomic E-state index is 0.846. The Bertz CT molecular complexity index is 829. The van der Waals surface area contributed by atoms with Crippen LogP contribution in [0.25, 0.3) is 0 Å². The molecular formula is C26H36N2. The molecule has 0 fully saturated rings. The van der Waals surface area contributed by atoms with Gasteiger partial charge in [-0.25, -0.2) is 9.97 Å². The Hall–Kier alpha value is -2.48. The Morgan fingerprint density at radius 1 is 0.536 bits per heavy atom. The van der Waals surface area contributed by atoms with Gasteiger partial charge in [0.05, 0.1) is 0 Å². The molecule has 1 heterocycles. The van der Waals surface area contributed by atoms with Crippen LogP contribution in [0.2, 0.25) is 0 Å². The van der Waals surface area contributed by atoms with Crippen LogP contribution in [0.15, 0.2) is 48.5 Å². The minimum atomic E-state index is 0.846. The summed E-state index contributed by atoms with van der Waals surface area (Å²) in [6, 6.07) is 17.5. The molecular weight excluding hydrogens is 340 g/mol. The molecule has 0 amide bonds. The molecule has 2 nitrogen and oxygen atoms in total. The molecule has 0 unspecified atom stereocenters. The van der Waals surface area contributed by atoms with Crippen molar-refractivity contribution in [3.8, 4) is 0 Å². The van der Waals surface area contributed by atoms with Gasteiger partial charge < -0.3 is 0 Å². The van der Waals surface area contributed by atoms with Crippen molar-refractivity contribution in [2.45, 2.75) is 68.2 Å². The molecule has 0 aliphatic carbocycles. The van der Waals surface area contributed by atoms with Gasteiger partial charge in [0, 0.05) is 24.2 Å². The number of benzene rings is 2. The largest absolute Gasteiger partial charge is 0.238 e. The molecule has 0 N–H and O–H groups in total. The van der Waals surface area contributed by atoms with Gasteiger partial charge in [0.15, 0.2) is 0 Å². The molecule has 0 bridgehead atoms. The second-order valence-corrected chi connectivity index (χ2v) is 6.73. The van der Waals surface area contributed by atoms with E-state index in [4.69, 9.17) is 0 Å². The van der Waals surface area contributed by atoms with E-state index in [0.29, 0.717) is 0 Å². The monoisotopic (exact) mass is 376 g/mol. The van der Waals surface area contributed by atoms with Crippen LogP contribution in [0.5, 0.6) is 0 Å². The average molecular weight is 377 g/mol. The van der Waals surface area contributed by atoms with E-state index < -0.39 is 0 Å². The van der Waals surface area contributed by atoms with Gasteiger partial charge in [-0.3, -0.25) is 0 Å². The Morgan fingerprint density at radius 2 is 1.00 bits per heavy atom. The van der Waals surface area contributed by atoms with Crippen LogP contribution in [0.1, 0.15) is 72.7 Å². The number of hydrogen-bond donors (Lipinski definition) is 0. The summed E-state index contributed by atoms with van der Waals surface area (Å²) in [7, 11) is 0. The highest BCUT2D eigenvalue weighted by Crippen LogP contribution is 2.15. The van der Waals surface area contributed by atoms with E-state index in [-0.39, 0.29) is 0 Å². The van der Waals surface area contributed by atoms with Crippen LogP contribution in [-0.4, -0.2) is 9.97 Å². The van der Waals surface area contributed by atoms with Crippen molar-refractivity contribution in [3.05, 3.63) is 93.6 Å². The molecule has 0 radical (unpaired) electrons. The summed E-state index contributed by atoms with van der Waals surface area (Å²) >= 11 is 0. The number of rotatable bonds is 4. The van der Waals surface area contributed by atoms with Crippen LogP contribution >= 0.6 is 0 Å². The van der Waals surface area contributed by atoms with Gasteiger partial charge >= 0.3 is 0 Å². The average Bonchev–Trinajstić information content (AvgIpc) is 2.65. The lowest BCUT2D eigenvalue weighted by atomic mass is 10.0. The zero-order chi connectivity index (χ0) is 21.1. The second-order valence-electron chi connectivity index (χ2n) is 6.73. The summed E-state index contributed by atoms with van der Waals surface area (Å²) in [5.74, 6) is 0.846. The van der Waals surface area contributed by atoms with Crippen molar-refractivity contribution >= 4 is 0 Å². The zero-order valence-electron chi connectivity index (χ0n) is 18.9. The fourth-order valence-corrected chi connectivity index (χ4v) is 3.17. The molecule has 0 atom stereocenters.